The number of hydrogen-bond donors (Lipinski definition) is 3. The maximum Gasteiger partial charge on any atom is 0.692 e. The number of carboxylic acid groups (broad SMARTS) is 1. The molecule has 4 N–H and O–H groups in total. The average molecular weight is 226 g/mol. The second kappa shape index (κ2) is 12.4. The lowest BCUT2D eigenvalue weighted by molar-refractivity contribution is -0.662. The maximum absolute atomic E-state index is 8.89. The molecule has 1 saturated heterocycles. The Balaban J connectivity index is 0. The van der Waals surface area contributed by atoms with Crippen LogP contribution in [-0.2, 0) is 9.36 Å². The summed E-state index contributed by atoms with van der Waals surface area (Å²) in [6, 6.07) is 0. The molecule has 1 fully saturated rings. The molecule has 0 aromatic carbocycles. The van der Waals surface area contributed by atoms with E-state index in [9.17, 15) is 0 Å². The largest absolute Gasteiger partial charge is 0.692 e. The van der Waals surface area contributed by atoms with Gasteiger partial charge in [0.25, 0.3) is 0 Å². The highest BCUT2D eigenvalue weighted by atomic mass is 31.1. The Morgan fingerprint density at radius 3 is 1.64 bits per heavy atom. The lowest BCUT2D eigenvalue weighted by Gasteiger charge is -2.05. The first kappa shape index (κ1) is 15.9. The lowest BCUT2D eigenvalue weighted by Crippen LogP contribution is -2.85. The molecule has 0 aromatic heterocycles. The molecule has 0 bridgehead atoms. The first-order valence-corrected chi connectivity index (χ1v) is 5.47. The van der Waals surface area contributed by atoms with Gasteiger partial charge in [-0.1, -0.05) is 0 Å². The Labute approximate surface area is 83.9 Å². The van der Waals surface area contributed by atoms with Gasteiger partial charge in [-0.05, 0) is 26.2 Å². The summed E-state index contributed by atoms with van der Waals surface area (Å²) >= 11 is 0. The van der Waals surface area contributed by atoms with Gasteiger partial charge < -0.3 is 15.2 Å². The van der Waals surface area contributed by atoms with E-state index in [2.05, 4.69) is 5.32 Å². The third kappa shape index (κ3) is 42.1. The predicted molar refractivity (Wildman–Crippen MR) is 48.2 cm³/mol. The van der Waals surface area contributed by atoms with Crippen LogP contribution in [0.4, 0.5) is 0 Å². The second-order valence-corrected chi connectivity index (χ2v) is 3.18. The van der Waals surface area contributed by atoms with Crippen molar-refractivity contribution >= 4 is 14.2 Å². The van der Waals surface area contributed by atoms with Crippen LogP contribution in [0, 0.1) is 0 Å². The molecular formula is C7H17NO5P+. The van der Waals surface area contributed by atoms with Crippen LogP contribution >= 0.6 is 8.25 Å². The van der Waals surface area contributed by atoms with Crippen LogP contribution in [0.5, 0.6) is 0 Å². The van der Waals surface area contributed by atoms with Crippen molar-refractivity contribution in [2.45, 2.75) is 26.2 Å². The molecule has 14 heavy (non-hydrogen) atoms. The fourth-order valence-electron chi connectivity index (χ4n) is 0.898. The third-order valence-electron chi connectivity index (χ3n) is 1.32. The number of nitrogens with two attached hydrogens (primary N) is 1. The number of hydrogen-bond acceptors (Lipinski definition) is 3. The van der Waals surface area contributed by atoms with E-state index in [1.54, 1.807) is 0 Å². The van der Waals surface area contributed by atoms with Crippen molar-refractivity contribution in [1.82, 2.24) is 0 Å². The van der Waals surface area contributed by atoms with Gasteiger partial charge >= 0.3 is 8.25 Å². The molecule has 0 unspecified atom stereocenters. The number of carbonyl (C=O) groups excluding carboxylic acids is 1. The molecule has 0 saturated carbocycles. The SMILES string of the molecule is C1CC[NH2+]CC1.CC(=O)[O-].O=[P+](O)O. The zero-order chi connectivity index (χ0) is 11.4. The number of rotatable bonds is 0. The highest BCUT2D eigenvalue weighted by Gasteiger charge is 1.97. The first-order valence-electron chi connectivity index (χ1n) is 4.31. The fourth-order valence-corrected chi connectivity index (χ4v) is 0.898. The van der Waals surface area contributed by atoms with Crippen molar-refractivity contribution < 1.29 is 29.6 Å². The van der Waals surface area contributed by atoms with Gasteiger partial charge in [0.15, 0.2) is 0 Å². The molecule has 1 heterocycles. The van der Waals surface area contributed by atoms with E-state index < -0.39 is 14.2 Å². The van der Waals surface area contributed by atoms with Crippen molar-refractivity contribution in [2.24, 2.45) is 0 Å². The fraction of sp³-hybridized carbons (Fsp3) is 0.857. The lowest BCUT2D eigenvalue weighted by atomic mass is 10.2. The minimum atomic E-state index is -2.87. The number of piperidine rings is 1. The molecule has 0 aromatic rings. The van der Waals surface area contributed by atoms with Crippen LogP contribution < -0.4 is 10.4 Å². The van der Waals surface area contributed by atoms with E-state index in [0.29, 0.717) is 0 Å². The van der Waals surface area contributed by atoms with E-state index in [4.69, 9.17) is 24.3 Å². The van der Waals surface area contributed by atoms with Crippen LogP contribution in [-0.4, -0.2) is 28.8 Å². The van der Waals surface area contributed by atoms with E-state index in [1.807, 2.05) is 0 Å². The van der Waals surface area contributed by atoms with Crippen molar-refractivity contribution in [1.29, 1.82) is 0 Å². The second-order valence-electron chi connectivity index (χ2n) is 2.67. The summed E-state index contributed by atoms with van der Waals surface area (Å²) in [7, 11) is -2.87. The van der Waals surface area contributed by atoms with Gasteiger partial charge in [-0.3, -0.25) is 0 Å². The van der Waals surface area contributed by atoms with E-state index in [1.165, 1.54) is 32.4 Å². The smallest absolute Gasteiger partial charge is 0.550 e. The van der Waals surface area contributed by atoms with Crippen molar-refractivity contribution in [3.63, 3.8) is 0 Å². The minimum absolute atomic E-state index is 0.972. The Bertz CT molecular complexity index is 129. The van der Waals surface area contributed by atoms with E-state index in [-0.39, 0.29) is 0 Å². The Hall–Kier alpha value is -0.550. The van der Waals surface area contributed by atoms with Gasteiger partial charge in [0.05, 0.1) is 13.1 Å². The van der Waals surface area contributed by atoms with Gasteiger partial charge in [-0.25, -0.2) is 0 Å². The quantitative estimate of drug-likeness (QED) is 0.418. The number of quaternary nitrogens is 1. The van der Waals surface area contributed by atoms with E-state index >= 15 is 0 Å². The average Bonchev–Trinajstić information content (AvgIpc) is 2.05. The monoisotopic (exact) mass is 226 g/mol. The number of carboxylic acids is 1. The Morgan fingerprint density at radius 1 is 1.29 bits per heavy atom. The summed E-state index contributed by atoms with van der Waals surface area (Å²) in [5, 5.41) is 11.3. The summed E-state index contributed by atoms with van der Waals surface area (Å²) < 4.78 is 8.70. The number of carbonyl (C=O) groups is 1. The minimum Gasteiger partial charge on any atom is -0.550 e. The van der Waals surface area contributed by atoms with Crippen LogP contribution in [0.15, 0.2) is 0 Å². The molecule has 0 radical (unpaired) electrons. The summed E-state index contributed by atoms with van der Waals surface area (Å²) in [4.78, 5) is 23.1. The zero-order valence-corrected chi connectivity index (χ0v) is 9.07. The van der Waals surface area contributed by atoms with Gasteiger partial charge in [0, 0.05) is 10.5 Å². The molecule has 0 aliphatic carbocycles. The van der Waals surface area contributed by atoms with Crippen LogP contribution in [0.25, 0.3) is 0 Å². The van der Waals surface area contributed by atoms with Gasteiger partial charge in [0.2, 0.25) is 0 Å². The molecule has 1 aliphatic rings. The molecule has 1 aliphatic heterocycles. The molecule has 1 rings (SSSR count). The maximum atomic E-state index is 8.89. The van der Waals surface area contributed by atoms with Crippen LogP contribution in [0.1, 0.15) is 26.2 Å². The highest BCUT2D eigenvalue weighted by Crippen LogP contribution is 1.98. The molecule has 84 valence electrons. The molecule has 6 nitrogen and oxygen atoms in total. The normalized spacial score (nSPS) is 13.9. The highest BCUT2D eigenvalue weighted by molar-refractivity contribution is 7.30. The Kier molecular flexibility index (Phi) is 14.1. The van der Waals surface area contributed by atoms with Crippen molar-refractivity contribution in [3.05, 3.63) is 0 Å². The molecule has 0 spiro atoms. The van der Waals surface area contributed by atoms with E-state index in [0.717, 1.165) is 6.92 Å². The van der Waals surface area contributed by atoms with Gasteiger partial charge in [-0.15, -0.1) is 9.79 Å². The summed E-state index contributed by atoms with van der Waals surface area (Å²) in [6.45, 7) is 3.72. The summed E-state index contributed by atoms with van der Waals surface area (Å²) in [5.74, 6) is -1.08. The topological polar surface area (TPSA) is 114 Å². The molecule has 0 atom stereocenters. The zero-order valence-electron chi connectivity index (χ0n) is 8.18. The van der Waals surface area contributed by atoms with Crippen molar-refractivity contribution in [2.75, 3.05) is 13.1 Å². The predicted octanol–water partition coefficient (Wildman–Crippen LogP) is -1.88. The standard InChI is InChI=1S/C5H11N.C2H4O2.HO3P/c1-2-4-6-5-3-1;1-2(3)4;1-4(2)3/h6H,1-5H2;1H3,(H,3,4);(H-,1,2,3)/p+1. The Morgan fingerprint density at radius 2 is 1.57 bits per heavy atom. The third-order valence-corrected chi connectivity index (χ3v) is 1.32. The summed E-state index contributed by atoms with van der Waals surface area (Å²) in [5.41, 5.74) is 0. The molecule has 7 heteroatoms. The first-order chi connectivity index (χ1) is 6.46. The molecule has 0 amide bonds. The molecular weight excluding hydrogens is 209 g/mol. The van der Waals surface area contributed by atoms with Gasteiger partial charge in [0.1, 0.15) is 0 Å². The number of aliphatic carboxylic acids is 1. The van der Waals surface area contributed by atoms with Crippen molar-refractivity contribution in [3.8, 4) is 0 Å². The van der Waals surface area contributed by atoms with Crippen LogP contribution in [0.2, 0.25) is 0 Å². The summed E-state index contributed by atoms with van der Waals surface area (Å²) in [6.07, 6.45) is 4.36. The van der Waals surface area contributed by atoms with Crippen LogP contribution in [0.3, 0.4) is 0 Å². The van der Waals surface area contributed by atoms with Gasteiger partial charge in [-0.2, -0.15) is 0 Å².